The van der Waals surface area contributed by atoms with Crippen LogP contribution in [0.2, 0.25) is 0 Å². The molecule has 6 atom stereocenters. The second-order valence-electron chi connectivity index (χ2n) is 7.51. The van der Waals surface area contributed by atoms with Gasteiger partial charge >= 0.3 is 5.97 Å². The van der Waals surface area contributed by atoms with Gasteiger partial charge in [0.2, 0.25) is 5.60 Å². The first-order valence-corrected chi connectivity index (χ1v) is 10.5. The molecule has 2 aromatic heterocycles. The van der Waals surface area contributed by atoms with Gasteiger partial charge in [0.05, 0.1) is 27.9 Å². The van der Waals surface area contributed by atoms with Crippen molar-refractivity contribution in [2.24, 2.45) is 0 Å². The average molecular weight is 396 g/mol. The van der Waals surface area contributed by atoms with E-state index in [2.05, 4.69) is 0 Å². The molecule has 2 unspecified atom stereocenters. The van der Waals surface area contributed by atoms with Crippen molar-refractivity contribution in [3.05, 3.63) is 44.8 Å². The molecule has 0 amide bonds. The molecule has 0 aromatic carbocycles. The average Bonchev–Trinajstić information content (AvgIpc) is 3.04. The Bertz CT molecular complexity index is 862. The quantitative estimate of drug-likeness (QED) is 0.490. The Kier molecular flexibility index (Phi) is 3.00. The Morgan fingerprint density at radius 3 is 2.31 bits per heavy atom. The summed E-state index contributed by atoms with van der Waals surface area (Å²) < 4.78 is 35.6. The lowest BCUT2D eigenvalue weighted by Crippen LogP contribution is -2.60. The minimum atomic E-state index is -2.14. The fourth-order valence-electron chi connectivity index (χ4n) is 4.58. The van der Waals surface area contributed by atoms with Crippen LogP contribution in [0.1, 0.15) is 26.7 Å². The van der Waals surface area contributed by atoms with Gasteiger partial charge in [0, 0.05) is 12.8 Å². The summed E-state index contributed by atoms with van der Waals surface area (Å²) in [4.78, 5) is 14.2. The van der Waals surface area contributed by atoms with Crippen molar-refractivity contribution in [3.63, 3.8) is 0 Å². The fraction of sp³-hybridized carbons (Fsp3) is 0.526. The van der Waals surface area contributed by atoms with Gasteiger partial charge in [0.15, 0.2) is 0 Å². The number of ether oxygens (including phenoxy) is 2. The van der Waals surface area contributed by atoms with E-state index in [1.807, 2.05) is 10.8 Å². The van der Waals surface area contributed by atoms with Crippen LogP contribution in [-0.4, -0.2) is 60.0 Å². The predicted molar refractivity (Wildman–Crippen MR) is 99.1 cm³/mol. The fourth-order valence-corrected chi connectivity index (χ4v) is 6.29. The van der Waals surface area contributed by atoms with E-state index in [1.54, 1.807) is 31.3 Å². The summed E-state index contributed by atoms with van der Waals surface area (Å²) in [5, 5.41) is 15.0. The van der Waals surface area contributed by atoms with E-state index in [-0.39, 0.29) is 28.8 Å². The number of aliphatic hydroxyl groups is 1. The van der Waals surface area contributed by atoms with Crippen molar-refractivity contribution < 1.29 is 28.0 Å². The zero-order chi connectivity index (χ0) is 20.6. The minimum absolute atomic E-state index is 0.0312. The first-order chi connectivity index (χ1) is 13.7. The Balaban J connectivity index is 1.40. The van der Waals surface area contributed by atoms with Crippen molar-refractivity contribution in [1.82, 2.24) is 0 Å². The zero-order valence-corrected chi connectivity index (χ0v) is 15.8. The van der Waals surface area contributed by atoms with Crippen LogP contribution >= 0.6 is 22.7 Å². The molecule has 0 radical (unpaired) electrons. The van der Waals surface area contributed by atoms with Gasteiger partial charge in [-0.3, -0.25) is 0 Å². The third kappa shape index (κ3) is 2.28. The number of epoxide rings is 1. The summed E-state index contributed by atoms with van der Waals surface area (Å²) >= 11 is 2.60. The van der Waals surface area contributed by atoms with Crippen LogP contribution in [0.3, 0.4) is 0 Å². The molecular formula is C19H22NO4S2+. The largest absolute Gasteiger partial charge is 0.459 e. The maximum absolute atomic E-state index is 13.2. The van der Waals surface area contributed by atoms with E-state index in [9.17, 15) is 9.90 Å². The van der Waals surface area contributed by atoms with Crippen LogP contribution < -0.4 is 0 Å². The second kappa shape index (κ2) is 5.62. The molecule has 0 saturated carbocycles. The van der Waals surface area contributed by atoms with Gasteiger partial charge in [0.1, 0.15) is 30.4 Å². The number of hydrogen-bond donors (Lipinski definition) is 1. The summed E-state index contributed by atoms with van der Waals surface area (Å²) in [6.45, 7) is -2.14. The van der Waals surface area contributed by atoms with E-state index in [4.69, 9.17) is 13.6 Å². The molecule has 5 nitrogen and oxygen atoms in total. The molecular weight excluding hydrogens is 370 g/mol. The van der Waals surface area contributed by atoms with Crippen molar-refractivity contribution in [2.75, 3.05) is 14.0 Å². The predicted octanol–water partition coefficient (Wildman–Crippen LogP) is 2.35. The van der Waals surface area contributed by atoms with Crippen LogP contribution in [0.4, 0.5) is 0 Å². The SMILES string of the molecule is [2H]C([2H])([2H])[N+]1(C)[C@@H]2CC(OC(=O)C(O)(c3cccs3)c3cccs3)C[C@H]1[C@@H]1O[C@@H]12. The molecule has 0 spiro atoms. The van der Waals surface area contributed by atoms with E-state index in [0.717, 1.165) is 0 Å². The molecule has 3 aliphatic heterocycles. The molecule has 1 N–H and O–H groups in total. The maximum Gasteiger partial charge on any atom is 0.349 e. The molecule has 0 aliphatic carbocycles. The molecule has 138 valence electrons. The van der Waals surface area contributed by atoms with E-state index >= 15 is 0 Å². The number of carbonyl (C=O) groups excluding carboxylic acids is 1. The van der Waals surface area contributed by atoms with Gasteiger partial charge in [0.25, 0.3) is 0 Å². The van der Waals surface area contributed by atoms with Crippen LogP contribution in [0.15, 0.2) is 35.0 Å². The van der Waals surface area contributed by atoms with Crippen molar-refractivity contribution in [1.29, 1.82) is 0 Å². The molecule has 2 bridgehead atoms. The number of piperidine rings is 1. The number of fused-ring (bicyclic) bond motifs is 5. The lowest BCUT2D eigenvalue weighted by atomic mass is 9.95. The van der Waals surface area contributed by atoms with E-state index in [0.29, 0.717) is 22.6 Å². The van der Waals surface area contributed by atoms with Crippen molar-refractivity contribution >= 4 is 28.6 Å². The molecule has 3 aliphatic rings. The van der Waals surface area contributed by atoms with Crippen LogP contribution in [0, 0.1) is 0 Å². The monoisotopic (exact) mass is 395 g/mol. The van der Waals surface area contributed by atoms with Crippen molar-refractivity contribution in [2.45, 2.75) is 48.8 Å². The van der Waals surface area contributed by atoms with Gasteiger partial charge in [-0.25, -0.2) is 4.79 Å². The molecule has 2 aromatic rings. The van der Waals surface area contributed by atoms with E-state index in [1.165, 1.54) is 22.7 Å². The highest BCUT2D eigenvalue weighted by molar-refractivity contribution is 7.12. The first kappa shape index (κ1) is 13.8. The third-order valence-electron chi connectivity index (χ3n) is 6.03. The lowest BCUT2D eigenvalue weighted by molar-refractivity contribution is -0.938. The topological polar surface area (TPSA) is 59.1 Å². The molecule has 5 rings (SSSR count). The number of quaternary nitrogens is 1. The summed E-state index contributed by atoms with van der Waals surface area (Å²) in [5.41, 5.74) is -1.85. The smallest absolute Gasteiger partial charge is 0.349 e. The summed E-state index contributed by atoms with van der Waals surface area (Å²) in [7, 11) is 1.77. The zero-order valence-electron chi connectivity index (χ0n) is 17.2. The number of rotatable bonds is 4. The van der Waals surface area contributed by atoms with Crippen LogP contribution in [0.5, 0.6) is 0 Å². The molecule has 3 fully saturated rings. The molecule has 26 heavy (non-hydrogen) atoms. The van der Waals surface area contributed by atoms with Crippen LogP contribution in [-0.2, 0) is 19.9 Å². The number of carbonyl (C=O) groups is 1. The normalized spacial score (nSPS) is 40.2. The molecule has 3 saturated heterocycles. The van der Waals surface area contributed by atoms with Crippen molar-refractivity contribution in [3.8, 4) is 0 Å². The molecule has 7 heteroatoms. The number of hydrogen-bond acceptors (Lipinski definition) is 6. The highest BCUT2D eigenvalue weighted by Gasteiger charge is 2.71. The highest BCUT2D eigenvalue weighted by atomic mass is 32.1. The Labute approximate surface area is 164 Å². The van der Waals surface area contributed by atoms with Gasteiger partial charge in [-0.15, -0.1) is 22.7 Å². The van der Waals surface area contributed by atoms with E-state index < -0.39 is 24.7 Å². The van der Waals surface area contributed by atoms with Gasteiger partial charge in [-0.05, 0) is 22.9 Å². The first-order valence-electron chi connectivity index (χ1n) is 10.2. The summed E-state index contributed by atoms with van der Waals surface area (Å²) in [5.74, 6) is -0.702. The number of morpholine rings is 1. The van der Waals surface area contributed by atoms with Gasteiger partial charge < -0.3 is 19.1 Å². The van der Waals surface area contributed by atoms with Gasteiger partial charge in [-0.2, -0.15) is 0 Å². The lowest BCUT2D eigenvalue weighted by Gasteiger charge is -2.45. The number of nitrogens with zero attached hydrogens (tertiary/aromatic N) is 1. The number of esters is 1. The second-order valence-corrected chi connectivity index (χ2v) is 9.41. The Morgan fingerprint density at radius 2 is 1.85 bits per heavy atom. The minimum Gasteiger partial charge on any atom is -0.459 e. The highest BCUT2D eigenvalue weighted by Crippen LogP contribution is 2.52. The number of likely N-dealkylation sites (N-methyl/N-ethyl adjacent to an activating group) is 1. The Hall–Kier alpha value is -1.25. The van der Waals surface area contributed by atoms with Gasteiger partial charge in [-0.1, -0.05) is 12.1 Å². The standard InChI is InChI=1S/C19H22NO4S2/c1-20(2)12-9-11(10-13(20)17-16(12)24-17)23-18(21)19(22,14-5-3-7-25-14)15-6-4-8-26-15/h3-8,11-13,16-17,22H,9-10H2,1-2H3/q+1/t11?,12-,13+,16-,17+/i1D3/t11?,12-,13+,16-,17+,20?. The Morgan fingerprint density at radius 1 is 1.27 bits per heavy atom. The number of thiophene rings is 2. The molecule has 5 heterocycles. The maximum atomic E-state index is 13.2. The van der Waals surface area contributed by atoms with Crippen LogP contribution in [0.25, 0.3) is 0 Å². The summed E-state index contributed by atoms with van der Waals surface area (Å²) in [6.07, 6.45) is 0.242. The summed E-state index contributed by atoms with van der Waals surface area (Å²) in [6, 6.07) is 6.55. The third-order valence-corrected chi connectivity index (χ3v) is 7.99.